The second kappa shape index (κ2) is 10.7. The number of halogens is 1. The number of likely N-dealkylation sites (tertiary alicyclic amines) is 1. The van der Waals surface area contributed by atoms with Crippen LogP contribution in [0.3, 0.4) is 0 Å². The number of nitrogens with one attached hydrogen (secondary N) is 1. The van der Waals surface area contributed by atoms with Crippen LogP contribution in [0.5, 0.6) is 5.75 Å². The largest absolute Gasteiger partial charge is 0.495 e. The number of anilines is 1. The van der Waals surface area contributed by atoms with E-state index in [1.54, 1.807) is 37.1 Å². The van der Waals surface area contributed by atoms with Crippen molar-refractivity contribution < 1.29 is 14.3 Å². The Morgan fingerprint density at radius 3 is 2.83 bits per heavy atom. The first-order chi connectivity index (χ1) is 14.5. The van der Waals surface area contributed by atoms with Crippen molar-refractivity contribution >= 4 is 40.9 Å². The number of ether oxygens (including phenoxy) is 1. The summed E-state index contributed by atoms with van der Waals surface area (Å²) in [6.45, 7) is 1.46. The molecule has 30 heavy (non-hydrogen) atoms. The van der Waals surface area contributed by atoms with Crippen molar-refractivity contribution in [1.82, 2.24) is 4.90 Å². The number of piperidine rings is 1. The van der Waals surface area contributed by atoms with Crippen LogP contribution in [-0.2, 0) is 4.79 Å². The minimum atomic E-state index is -0.0771. The molecule has 3 rings (SSSR count). The predicted molar refractivity (Wildman–Crippen MR) is 123 cm³/mol. The van der Waals surface area contributed by atoms with Crippen LogP contribution < -0.4 is 10.1 Å². The zero-order chi connectivity index (χ0) is 21.5. The summed E-state index contributed by atoms with van der Waals surface area (Å²) in [5, 5.41) is 3.42. The first-order valence-electron chi connectivity index (χ1n) is 10.1. The van der Waals surface area contributed by atoms with E-state index in [2.05, 4.69) is 5.32 Å². The molecule has 7 heteroatoms. The van der Waals surface area contributed by atoms with Crippen molar-refractivity contribution in [2.24, 2.45) is 5.92 Å². The first kappa shape index (κ1) is 22.5. The molecule has 160 valence electrons. The van der Waals surface area contributed by atoms with Crippen molar-refractivity contribution in [3.8, 4) is 5.75 Å². The number of hydrogen-bond acceptors (Lipinski definition) is 4. The van der Waals surface area contributed by atoms with Crippen LogP contribution in [0.15, 0.2) is 47.4 Å². The SMILES string of the molecule is COc1ccc(Cl)cc1NC(=O)CCC1CCCN(C(=O)c2ccccc2SC)C1. The standard InChI is InChI=1S/C23H27ClN2O3S/c1-29-20-11-10-17(24)14-19(20)25-22(27)12-9-16-6-5-13-26(15-16)23(28)18-7-3-4-8-21(18)30-2/h3-4,7-8,10-11,14,16H,5-6,9,12-13,15H2,1-2H3,(H,25,27). The molecule has 5 nitrogen and oxygen atoms in total. The summed E-state index contributed by atoms with van der Waals surface area (Å²) in [7, 11) is 1.56. The number of nitrogens with zero attached hydrogens (tertiary/aromatic N) is 1. The maximum absolute atomic E-state index is 13.0. The van der Waals surface area contributed by atoms with Gasteiger partial charge in [0.15, 0.2) is 0 Å². The molecule has 2 aromatic rings. The van der Waals surface area contributed by atoms with Gasteiger partial charge in [0, 0.05) is 29.4 Å². The van der Waals surface area contributed by atoms with Crippen LogP contribution >= 0.6 is 23.4 Å². The number of rotatable bonds is 7. The average Bonchev–Trinajstić information content (AvgIpc) is 2.77. The third-order valence-corrected chi connectivity index (χ3v) is 6.39. The molecule has 1 atom stereocenters. The summed E-state index contributed by atoms with van der Waals surface area (Å²) in [4.78, 5) is 28.4. The average molecular weight is 447 g/mol. The second-order valence-electron chi connectivity index (χ2n) is 7.39. The van der Waals surface area contributed by atoms with Crippen molar-refractivity contribution in [1.29, 1.82) is 0 Å². The lowest BCUT2D eigenvalue weighted by Gasteiger charge is -2.33. The number of amides is 2. The van der Waals surface area contributed by atoms with Gasteiger partial charge >= 0.3 is 0 Å². The Bertz CT molecular complexity index is 906. The molecule has 1 saturated heterocycles. The number of carbonyl (C=O) groups excluding carboxylic acids is 2. The van der Waals surface area contributed by atoms with E-state index in [1.165, 1.54) is 0 Å². The molecule has 0 aliphatic carbocycles. The van der Waals surface area contributed by atoms with E-state index in [-0.39, 0.29) is 11.8 Å². The van der Waals surface area contributed by atoms with Crippen LogP contribution in [0.2, 0.25) is 5.02 Å². The van der Waals surface area contributed by atoms with Gasteiger partial charge < -0.3 is 15.0 Å². The highest BCUT2D eigenvalue weighted by Crippen LogP contribution is 2.29. The quantitative estimate of drug-likeness (QED) is 0.583. The van der Waals surface area contributed by atoms with Gasteiger partial charge in [-0.05, 0) is 61.8 Å². The molecule has 0 spiro atoms. The fourth-order valence-corrected chi connectivity index (χ4v) is 4.56. The summed E-state index contributed by atoms with van der Waals surface area (Å²) in [6.07, 6.45) is 5.11. The van der Waals surface area contributed by atoms with Gasteiger partial charge in [-0.1, -0.05) is 23.7 Å². The molecule has 2 amide bonds. The van der Waals surface area contributed by atoms with Crippen molar-refractivity contribution in [2.75, 3.05) is 31.8 Å². The lowest BCUT2D eigenvalue weighted by atomic mass is 9.92. The van der Waals surface area contributed by atoms with Gasteiger partial charge in [-0.15, -0.1) is 11.8 Å². The molecule has 1 aliphatic heterocycles. The number of hydrogen-bond donors (Lipinski definition) is 1. The molecule has 0 bridgehead atoms. The molecule has 1 heterocycles. The van der Waals surface area contributed by atoms with Crippen molar-refractivity contribution in [2.45, 2.75) is 30.6 Å². The Kier molecular flexibility index (Phi) is 8.05. The van der Waals surface area contributed by atoms with Crippen LogP contribution in [0.4, 0.5) is 5.69 Å². The van der Waals surface area contributed by atoms with Crippen molar-refractivity contribution in [3.05, 3.63) is 53.1 Å². The van der Waals surface area contributed by atoms with E-state index in [9.17, 15) is 9.59 Å². The molecule has 1 fully saturated rings. The summed E-state index contributed by atoms with van der Waals surface area (Å²) in [5.74, 6) is 0.898. The molecular formula is C23H27ClN2O3S. The fraction of sp³-hybridized carbons (Fsp3) is 0.391. The molecule has 2 aromatic carbocycles. The summed E-state index contributed by atoms with van der Waals surface area (Å²) in [5.41, 5.74) is 1.33. The Morgan fingerprint density at radius 2 is 2.07 bits per heavy atom. The maximum Gasteiger partial charge on any atom is 0.254 e. The van der Waals surface area contributed by atoms with Gasteiger partial charge in [0.05, 0.1) is 18.4 Å². The highest BCUT2D eigenvalue weighted by atomic mass is 35.5. The van der Waals surface area contributed by atoms with Gasteiger partial charge in [0.1, 0.15) is 5.75 Å². The lowest BCUT2D eigenvalue weighted by molar-refractivity contribution is -0.116. The number of benzene rings is 2. The number of methoxy groups -OCH3 is 1. The molecule has 0 saturated carbocycles. The topological polar surface area (TPSA) is 58.6 Å². The Balaban J connectivity index is 1.56. The van der Waals surface area contributed by atoms with E-state index < -0.39 is 0 Å². The maximum atomic E-state index is 13.0. The van der Waals surface area contributed by atoms with E-state index in [0.29, 0.717) is 35.3 Å². The highest BCUT2D eigenvalue weighted by Gasteiger charge is 2.26. The van der Waals surface area contributed by atoms with Gasteiger partial charge in [0.25, 0.3) is 5.91 Å². The lowest BCUT2D eigenvalue weighted by Crippen LogP contribution is -2.40. The molecule has 1 unspecified atom stereocenters. The molecule has 0 aromatic heterocycles. The minimum absolute atomic E-state index is 0.0771. The van der Waals surface area contributed by atoms with Crippen LogP contribution in [0.25, 0.3) is 0 Å². The van der Waals surface area contributed by atoms with Crippen LogP contribution in [0.1, 0.15) is 36.0 Å². The van der Waals surface area contributed by atoms with Crippen LogP contribution in [-0.4, -0.2) is 43.2 Å². The summed E-state index contributed by atoms with van der Waals surface area (Å²) < 4.78 is 5.28. The van der Waals surface area contributed by atoms with E-state index in [0.717, 1.165) is 36.3 Å². The van der Waals surface area contributed by atoms with Gasteiger partial charge in [-0.25, -0.2) is 0 Å². The third-order valence-electron chi connectivity index (χ3n) is 5.36. The first-order valence-corrected chi connectivity index (χ1v) is 11.7. The molecule has 0 radical (unpaired) electrons. The van der Waals surface area contributed by atoms with Gasteiger partial charge in [-0.3, -0.25) is 9.59 Å². The molecule has 1 N–H and O–H groups in total. The summed E-state index contributed by atoms with van der Waals surface area (Å²) in [6, 6.07) is 12.9. The van der Waals surface area contributed by atoms with Gasteiger partial charge in [-0.2, -0.15) is 0 Å². The highest BCUT2D eigenvalue weighted by molar-refractivity contribution is 7.98. The van der Waals surface area contributed by atoms with Crippen LogP contribution in [0, 0.1) is 5.92 Å². The Labute approximate surface area is 187 Å². The summed E-state index contributed by atoms with van der Waals surface area (Å²) >= 11 is 7.62. The van der Waals surface area contributed by atoms with Gasteiger partial charge in [0.2, 0.25) is 5.91 Å². The monoisotopic (exact) mass is 446 g/mol. The Morgan fingerprint density at radius 1 is 1.27 bits per heavy atom. The fourth-order valence-electron chi connectivity index (χ4n) is 3.80. The zero-order valence-electron chi connectivity index (χ0n) is 17.3. The van der Waals surface area contributed by atoms with E-state index in [4.69, 9.17) is 16.3 Å². The molecule has 1 aliphatic rings. The number of carbonyl (C=O) groups is 2. The van der Waals surface area contributed by atoms with E-state index >= 15 is 0 Å². The Hall–Kier alpha value is -2.18. The smallest absolute Gasteiger partial charge is 0.254 e. The van der Waals surface area contributed by atoms with Crippen molar-refractivity contribution in [3.63, 3.8) is 0 Å². The second-order valence-corrected chi connectivity index (χ2v) is 8.68. The molecular weight excluding hydrogens is 420 g/mol. The zero-order valence-corrected chi connectivity index (χ0v) is 18.9. The van der Waals surface area contributed by atoms with E-state index in [1.807, 2.05) is 35.4 Å². The normalized spacial score (nSPS) is 16.2. The minimum Gasteiger partial charge on any atom is -0.495 e. The third kappa shape index (κ3) is 5.70. The predicted octanol–water partition coefficient (Wildman–Crippen LogP) is 5.34. The number of thioether (sulfide) groups is 1.